The number of aryl methyl sites for hydroxylation is 1. The molecule has 2 nitrogen and oxygen atoms in total. The van der Waals surface area contributed by atoms with Gasteiger partial charge in [0.1, 0.15) is 11.5 Å². The molecule has 0 saturated heterocycles. The lowest BCUT2D eigenvalue weighted by atomic mass is 9.56. The van der Waals surface area contributed by atoms with E-state index in [-0.39, 0.29) is 5.92 Å². The van der Waals surface area contributed by atoms with Gasteiger partial charge in [0.25, 0.3) is 0 Å². The van der Waals surface area contributed by atoms with E-state index in [1.165, 1.54) is 68.5 Å². The van der Waals surface area contributed by atoms with Crippen LogP contribution < -0.4 is 4.74 Å². The number of ether oxygens (including phenoxy) is 1. The summed E-state index contributed by atoms with van der Waals surface area (Å²) in [6, 6.07) is 25.9. The molecule has 3 aromatic rings. The van der Waals surface area contributed by atoms with Gasteiger partial charge in [-0.05, 0) is 149 Å². The molecule has 6 atom stereocenters. The molecule has 0 aromatic heterocycles. The number of rotatable bonds is 2. The van der Waals surface area contributed by atoms with Crippen molar-refractivity contribution in [3.63, 3.8) is 0 Å². The molecule has 6 unspecified atom stereocenters. The Kier molecular flexibility index (Phi) is 6.86. The molecule has 2 heteroatoms. The molecule has 1 aliphatic heterocycles. The van der Waals surface area contributed by atoms with Crippen LogP contribution in [0.25, 0.3) is 11.6 Å². The fraction of sp³-hybridized carbons (Fsp3) is 0.300. The summed E-state index contributed by atoms with van der Waals surface area (Å²) in [6.45, 7) is 0. The van der Waals surface area contributed by atoms with Crippen molar-refractivity contribution in [2.75, 3.05) is 0 Å². The Hall–Kier alpha value is -5.13. The van der Waals surface area contributed by atoms with E-state index in [1.54, 1.807) is 11.1 Å². The summed E-state index contributed by atoms with van der Waals surface area (Å²) >= 11 is 0. The zero-order valence-corrected chi connectivity index (χ0v) is 29.7. The largest absolute Gasteiger partial charge is 0.457 e. The maximum atomic E-state index is 10.2. The lowest BCUT2D eigenvalue weighted by Gasteiger charge is -2.48. The predicted molar refractivity (Wildman–Crippen MR) is 210 cm³/mol. The zero-order chi connectivity index (χ0) is 34.4. The van der Waals surface area contributed by atoms with Gasteiger partial charge in [-0.15, -0.1) is 0 Å². The van der Waals surface area contributed by atoms with Crippen LogP contribution in [-0.4, -0.2) is 0 Å². The Balaban J connectivity index is 1.13. The third-order valence-corrected chi connectivity index (χ3v) is 13.7. The van der Waals surface area contributed by atoms with Crippen molar-refractivity contribution in [3.05, 3.63) is 177 Å². The first-order valence-corrected chi connectivity index (χ1v) is 19.7. The fourth-order valence-electron chi connectivity index (χ4n) is 11.7. The van der Waals surface area contributed by atoms with Crippen LogP contribution in [0, 0.1) is 35.0 Å². The molecule has 254 valence electrons. The average Bonchev–Trinajstić information content (AvgIpc) is 3.49. The first-order valence-electron chi connectivity index (χ1n) is 19.7. The third-order valence-electron chi connectivity index (χ3n) is 13.7. The van der Waals surface area contributed by atoms with E-state index in [0.717, 1.165) is 56.4 Å². The number of benzene rings is 3. The second-order valence-corrected chi connectivity index (χ2v) is 16.2. The first kappa shape index (κ1) is 30.5. The quantitative estimate of drug-likeness (QED) is 0.254. The van der Waals surface area contributed by atoms with Crippen LogP contribution in [0.15, 0.2) is 143 Å². The number of para-hydroxylation sites is 1. The summed E-state index contributed by atoms with van der Waals surface area (Å²) in [5.74, 6) is 3.69. The number of fused-ring (bicyclic) bond motifs is 10. The second kappa shape index (κ2) is 11.7. The molecule has 0 saturated carbocycles. The Morgan fingerprint density at radius 2 is 1.62 bits per heavy atom. The van der Waals surface area contributed by atoms with Crippen LogP contribution in [-0.2, 0) is 11.8 Å². The van der Waals surface area contributed by atoms with Crippen molar-refractivity contribution in [2.45, 2.75) is 69.1 Å². The lowest BCUT2D eigenvalue weighted by molar-refractivity contribution is 0.256. The van der Waals surface area contributed by atoms with E-state index in [9.17, 15) is 5.26 Å². The Bertz CT molecular complexity index is 2360. The van der Waals surface area contributed by atoms with Crippen LogP contribution in [0.5, 0.6) is 11.5 Å². The number of nitriles is 1. The molecule has 0 amide bonds. The molecule has 11 rings (SSSR count). The molecule has 0 bridgehead atoms. The highest BCUT2D eigenvalue weighted by molar-refractivity contribution is 5.83. The highest BCUT2D eigenvalue weighted by atomic mass is 16.5. The van der Waals surface area contributed by atoms with Gasteiger partial charge in [-0.1, -0.05) is 103 Å². The van der Waals surface area contributed by atoms with Crippen molar-refractivity contribution in [2.24, 2.45) is 23.7 Å². The monoisotopic (exact) mass is 673 g/mol. The van der Waals surface area contributed by atoms with Gasteiger partial charge in [0.05, 0.1) is 17.4 Å². The highest BCUT2D eigenvalue weighted by Crippen LogP contribution is 2.65. The van der Waals surface area contributed by atoms with Crippen molar-refractivity contribution in [1.29, 1.82) is 5.26 Å². The highest BCUT2D eigenvalue weighted by Gasteiger charge is 2.54. The van der Waals surface area contributed by atoms with Gasteiger partial charge in [-0.3, -0.25) is 0 Å². The normalized spacial score (nSPS) is 30.2. The van der Waals surface area contributed by atoms with E-state index in [2.05, 4.69) is 127 Å². The number of allylic oxidation sites excluding steroid dienone is 15. The maximum Gasteiger partial charge on any atom is 0.132 e. The van der Waals surface area contributed by atoms with Gasteiger partial charge in [0, 0.05) is 17.0 Å². The summed E-state index contributed by atoms with van der Waals surface area (Å²) in [6.07, 6.45) is 33.6. The second-order valence-electron chi connectivity index (χ2n) is 16.2. The number of hydrogen-bond acceptors (Lipinski definition) is 2. The van der Waals surface area contributed by atoms with E-state index in [0.29, 0.717) is 23.7 Å². The van der Waals surface area contributed by atoms with Crippen LogP contribution in [0.3, 0.4) is 0 Å². The third kappa shape index (κ3) is 4.23. The van der Waals surface area contributed by atoms with E-state index in [1.807, 2.05) is 0 Å². The zero-order valence-electron chi connectivity index (χ0n) is 29.7. The summed E-state index contributed by atoms with van der Waals surface area (Å²) in [4.78, 5) is 0. The predicted octanol–water partition coefficient (Wildman–Crippen LogP) is 12.2. The van der Waals surface area contributed by atoms with Gasteiger partial charge < -0.3 is 4.74 Å². The molecule has 0 N–H and O–H groups in total. The summed E-state index contributed by atoms with van der Waals surface area (Å²) in [5.41, 5.74) is 16.4. The maximum absolute atomic E-state index is 10.2. The molecular formula is C50H43NO. The molecule has 0 radical (unpaired) electrons. The lowest BCUT2D eigenvalue weighted by Crippen LogP contribution is -2.37. The summed E-state index contributed by atoms with van der Waals surface area (Å²) in [7, 11) is 0. The van der Waals surface area contributed by atoms with Crippen molar-refractivity contribution < 1.29 is 4.74 Å². The molecule has 7 aliphatic carbocycles. The Labute approximate surface area is 307 Å². The molecule has 8 aliphatic rings. The average molecular weight is 674 g/mol. The Morgan fingerprint density at radius 1 is 0.750 bits per heavy atom. The standard InChI is InChI=1S/C50H43NO/c51-30-31-21-25-37-36-13-7-8-18-42(36)50(44(37)27-31)43-19-9-10-20-46(43)52-47-26-24-35(29-45(47)50)49-40-16-5-3-14-38(40)48(39-15-4-6-17-41(39)49)34-23-22-32-11-1-2-12-33(32)28-34/h1,5-6,8-11,16-26,28-29,31,38-40,48H,2-4,7,12-15,27H2. The first-order chi connectivity index (χ1) is 25.7. The Morgan fingerprint density at radius 3 is 2.58 bits per heavy atom. The van der Waals surface area contributed by atoms with E-state index in [4.69, 9.17) is 4.74 Å². The van der Waals surface area contributed by atoms with Gasteiger partial charge in [-0.25, -0.2) is 0 Å². The molecule has 3 aromatic carbocycles. The van der Waals surface area contributed by atoms with Crippen molar-refractivity contribution >= 4 is 11.6 Å². The topological polar surface area (TPSA) is 33.0 Å². The minimum atomic E-state index is -0.481. The van der Waals surface area contributed by atoms with Gasteiger partial charge in [0.15, 0.2) is 0 Å². The van der Waals surface area contributed by atoms with Crippen molar-refractivity contribution in [1.82, 2.24) is 0 Å². The minimum absolute atomic E-state index is 0.135. The minimum Gasteiger partial charge on any atom is -0.457 e. The van der Waals surface area contributed by atoms with Crippen LogP contribution in [0.4, 0.5) is 0 Å². The molecule has 1 spiro atoms. The van der Waals surface area contributed by atoms with Crippen LogP contribution in [0.1, 0.15) is 90.7 Å². The summed E-state index contributed by atoms with van der Waals surface area (Å²) < 4.78 is 6.85. The molecule has 52 heavy (non-hydrogen) atoms. The SMILES string of the molecule is N#CC1C=CC2=C(C1)C1(C3=C2CCC=C3)c2ccccc2Oc2ccc(C3=C4C=CCCC4C(c4ccc5c(c4)CCC=C5)C4CCC=CC34)cc21. The van der Waals surface area contributed by atoms with E-state index < -0.39 is 5.41 Å². The van der Waals surface area contributed by atoms with E-state index >= 15 is 0 Å². The summed E-state index contributed by atoms with van der Waals surface area (Å²) in [5, 5.41) is 10.2. The van der Waals surface area contributed by atoms with Crippen LogP contribution >= 0.6 is 0 Å². The van der Waals surface area contributed by atoms with Gasteiger partial charge in [-0.2, -0.15) is 5.26 Å². The molecular weight excluding hydrogens is 631 g/mol. The number of nitrogens with zero attached hydrogens (tertiary/aromatic N) is 1. The van der Waals surface area contributed by atoms with Crippen LogP contribution in [0.2, 0.25) is 0 Å². The smallest absolute Gasteiger partial charge is 0.132 e. The fourth-order valence-corrected chi connectivity index (χ4v) is 11.7. The van der Waals surface area contributed by atoms with Gasteiger partial charge >= 0.3 is 0 Å². The number of hydrogen-bond donors (Lipinski definition) is 0. The van der Waals surface area contributed by atoms with Gasteiger partial charge in [0.2, 0.25) is 0 Å². The molecule has 0 fully saturated rings. The molecule has 1 heterocycles. The van der Waals surface area contributed by atoms with Crippen molar-refractivity contribution in [3.8, 4) is 17.6 Å².